The highest BCUT2D eigenvalue weighted by Gasteiger charge is 2.29. The van der Waals surface area contributed by atoms with Gasteiger partial charge in [-0.15, -0.1) is 11.3 Å². The van der Waals surface area contributed by atoms with E-state index in [4.69, 9.17) is 0 Å². The van der Waals surface area contributed by atoms with Gasteiger partial charge in [-0.3, -0.25) is 0 Å². The number of thiophene rings is 1. The van der Waals surface area contributed by atoms with Crippen LogP contribution in [-0.2, 0) is 12.8 Å². The lowest BCUT2D eigenvalue weighted by atomic mass is 9.78. The first-order valence-corrected chi connectivity index (χ1v) is 9.44. The van der Waals surface area contributed by atoms with E-state index in [-0.39, 0.29) is 0 Å². The van der Waals surface area contributed by atoms with Gasteiger partial charge < -0.3 is 5.32 Å². The Labute approximate surface area is 139 Å². The minimum absolute atomic E-state index is 0.510. The van der Waals surface area contributed by atoms with Crippen molar-refractivity contribution in [3.8, 4) is 0 Å². The third kappa shape index (κ3) is 3.58. The van der Waals surface area contributed by atoms with Gasteiger partial charge in [0.25, 0.3) is 0 Å². The lowest BCUT2D eigenvalue weighted by Gasteiger charge is -2.34. The topological polar surface area (TPSA) is 12.0 Å². The lowest BCUT2D eigenvalue weighted by Crippen LogP contribution is -2.34. The molecule has 1 nitrogen and oxygen atoms in total. The van der Waals surface area contributed by atoms with Gasteiger partial charge in [0.05, 0.1) is 3.79 Å². The largest absolute Gasteiger partial charge is 0.310 e. The minimum Gasteiger partial charge on any atom is -0.310 e. The number of benzene rings is 1. The van der Waals surface area contributed by atoms with E-state index in [0.717, 1.165) is 6.54 Å². The zero-order chi connectivity index (χ0) is 14.7. The molecule has 3 rings (SSSR count). The van der Waals surface area contributed by atoms with Crippen LogP contribution in [0.4, 0.5) is 0 Å². The zero-order valence-electron chi connectivity index (χ0n) is 12.4. The van der Waals surface area contributed by atoms with Crippen LogP contribution in [0.2, 0.25) is 0 Å². The lowest BCUT2D eigenvalue weighted by molar-refractivity contribution is 0.320. The van der Waals surface area contributed by atoms with Gasteiger partial charge in [0.1, 0.15) is 0 Å². The average molecular weight is 364 g/mol. The second-order valence-corrected chi connectivity index (χ2v) is 8.39. The Bertz CT molecular complexity index is 592. The fourth-order valence-electron chi connectivity index (χ4n) is 3.34. The maximum absolute atomic E-state index is 3.80. The summed E-state index contributed by atoms with van der Waals surface area (Å²) in [5, 5.41) is 3.80. The Balaban J connectivity index is 1.82. The van der Waals surface area contributed by atoms with Crippen molar-refractivity contribution >= 4 is 27.3 Å². The van der Waals surface area contributed by atoms with E-state index in [9.17, 15) is 0 Å². The maximum Gasteiger partial charge on any atom is 0.0701 e. The Morgan fingerprint density at radius 2 is 2.10 bits per heavy atom. The molecule has 1 aliphatic carbocycles. The van der Waals surface area contributed by atoms with Crippen molar-refractivity contribution in [2.45, 2.75) is 38.6 Å². The first-order valence-electron chi connectivity index (χ1n) is 7.83. The molecule has 112 valence electrons. The molecule has 1 heterocycles. The van der Waals surface area contributed by atoms with Gasteiger partial charge >= 0.3 is 0 Å². The number of rotatable bonds is 5. The number of nitrogens with one attached hydrogen (secondary N) is 1. The van der Waals surface area contributed by atoms with Gasteiger partial charge in [0, 0.05) is 10.9 Å². The Kier molecular flexibility index (Phi) is 5.15. The smallest absolute Gasteiger partial charge is 0.0701 e. The van der Waals surface area contributed by atoms with E-state index in [0.29, 0.717) is 12.0 Å². The molecule has 0 radical (unpaired) electrons. The molecule has 0 saturated heterocycles. The molecule has 1 aliphatic rings. The standard InChI is InChI=1S/C18H22BrNS/c1-2-11-20-18-14(12-15-9-10-17(19)21-15)8-7-13-5-3-4-6-16(13)18/h3-6,9-10,14,18,20H,2,7-8,11-12H2,1H3. The highest BCUT2D eigenvalue weighted by atomic mass is 79.9. The van der Waals surface area contributed by atoms with Gasteiger partial charge in [-0.05, 0) is 77.3 Å². The number of halogens is 1. The second kappa shape index (κ2) is 7.08. The van der Waals surface area contributed by atoms with Crippen molar-refractivity contribution in [3.63, 3.8) is 0 Å². The van der Waals surface area contributed by atoms with Crippen molar-refractivity contribution < 1.29 is 0 Å². The molecule has 1 aromatic heterocycles. The second-order valence-electron chi connectivity index (χ2n) is 5.84. The van der Waals surface area contributed by atoms with Gasteiger partial charge in [-0.2, -0.15) is 0 Å². The highest BCUT2D eigenvalue weighted by Crippen LogP contribution is 2.37. The summed E-state index contributed by atoms with van der Waals surface area (Å²) < 4.78 is 1.24. The first kappa shape index (κ1) is 15.3. The van der Waals surface area contributed by atoms with Crippen molar-refractivity contribution in [3.05, 3.63) is 56.2 Å². The molecule has 2 atom stereocenters. The summed E-state index contributed by atoms with van der Waals surface area (Å²) in [5.74, 6) is 0.706. The van der Waals surface area contributed by atoms with Crippen LogP contribution >= 0.6 is 27.3 Å². The van der Waals surface area contributed by atoms with E-state index >= 15 is 0 Å². The van der Waals surface area contributed by atoms with Crippen LogP contribution in [0.1, 0.15) is 41.8 Å². The van der Waals surface area contributed by atoms with Crippen molar-refractivity contribution in [2.24, 2.45) is 5.92 Å². The average Bonchev–Trinajstić information content (AvgIpc) is 2.91. The summed E-state index contributed by atoms with van der Waals surface area (Å²) in [7, 11) is 0. The van der Waals surface area contributed by atoms with Crippen LogP contribution < -0.4 is 5.32 Å². The van der Waals surface area contributed by atoms with Gasteiger partial charge in [0.15, 0.2) is 0 Å². The summed E-state index contributed by atoms with van der Waals surface area (Å²) in [5.41, 5.74) is 3.06. The Morgan fingerprint density at radius 3 is 2.86 bits per heavy atom. The van der Waals surface area contributed by atoms with Crippen molar-refractivity contribution in [2.75, 3.05) is 6.54 Å². The van der Waals surface area contributed by atoms with Crippen LogP contribution in [0.15, 0.2) is 40.2 Å². The monoisotopic (exact) mass is 363 g/mol. The van der Waals surface area contributed by atoms with Crippen LogP contribution in [-0.4, -0.2) is 6.54 Å². The predicted molar refractivity (Wildman–Crippen MR) is 95.0 cm³/mol. The molecule has 21 heavy (non-hydrogen) atoms. The first-order chi connectivity index (χ1) is 10.3. The van der Waals surface area contributed by atoms with Crippen molar-refractivity contribution in [1.29, 1.82) is 0 Å². The van der Waals surface area contributed by atoms with Crippen molar-refractivity contribution in [1.82, 2.24) is 5.32 Å². The SMILES string of the molecule is CCCNC1c2ccccc2CCC1Cc1ccc(Br)s1. The molecule has 0 spiro atoms. The fourth-order valence-corrected chi connectivity index (χ4v) is 4.92. The van der Waals surface area contributed by atoms with E-state index in [2.05, 4.69) is 64.6 Å². The summed E-state index contributed by atoms with van der Waals surface area (Å²) in [6.07, 6.45) is 4.88. The van der Waals surface area contributed by atoms with Gasteiger partial charge in [-0.25, -0.2) is 0 Å². The molecule has 3 heteroatoms. The summed E-state index contributed by atoms with van der Waals surface area (Å²) in [6.45, 7) is 3.34. The van der Waals surface area contributed by atoms with Gasteiger partial charge in [-0.1, -0.05) is 31.2 Å². The minimum atomic E-state index is 0.510. The third-order valence-electron chi connectivity index (χ3n) is 4.35. The molecule has 2 aromatic rings. The molecular formula is C18H22BrNS. The zero-order valence-corrected chi connectivity index (χ0v) is 14.8. The molecule has 0 amide bonds. The number of hydrogen-bond acceptors (Lipinski definition) is 2. The van der Waals surface area contributed by atoms with E-state index in [1.54, 1.807) is 0 Å². The molecule has 0 saturated carbocycles. The van der Waals surface area contributed by atoms with Crippen LogP contribution in [0.25, 0.3) is 0 Å². The van der Waals surface area contributed by atoms with Crippen LogP contribution in [0.5, 0.6) is 0 Å². The van der Waals surface area contributed by atoms with E-state index in [1.165, 1.54) is 45.5 Å². The number of aryl methyl sites for hydroxylation is 1. The summed E-state index contributed by atoms with van der Waals surface area (Å²) in [4.78, 5) is 1.49. The summed E-state index contributed by atoms with van der Waals surface area (Å²) in [6, 6.07) is 13.9. The fraction of sp³-hybridized carbons (Fsp3) is 0.444. The molecule has 2 unspecified atom stereocenters. The predicted octanol–water partition coefficient (Wildman–Crippen LogP) is 5.36. The summed E-state index contributed by atoms with van der Waals surface area (Å²) >= 11 is 5.46. The molecule has 0 bridgehead atoms. The molecular weight excluding hydrogens is 342 g/mol. The molecule has 1 N–H and O–H groups in total. The quantitative estimate of drug-likeness (QED) is 0.753. The van der Waals surface area contributed by atoms with Crippen LogP contribution in [0, 0.1) is 5.92 Å². The Morgan fingerprint density at radius 1 is 1.24 bits per heavy atom. The van der Waals surface area contributed by atoms with E-state index in [1.807, 2.05) is 11.3 Å². The highest BCUT2D eigenvalue weighted by molar-refractivity contribution is 9.11. The van der Waals surface area contributed by atoms with Crippen LogP contribution in [0.3, 0.4) is 0 Å². The Hall–Kier alpha value is -0.640. The molecule has 0 fully saturated rings. The third-order valence-corrected chi connectivity index (χ3v) is 6.00. The number of fused-ring (bicyclic) bond motifs is 1. The maximum atomic E-state index is 3.80. The molecule has 1 aromatic carbocycles. The molecule has 0 aliphatic heterocycles. The van der Waals surface area contributed by atoms with E-state index < -0.39 is 0 Å². The normalized spacial score (nSPS) is 21.2. The van der Waals surface area contributed by atoms with Gasteiger partial charge in [0.2, 0.25) is 0 Å². The number of hydrogen-bond donors (Lipinski definition) is 1.